The van der Waals surface area contributed by atoms with Gasteiger partial charge in [0.1, 0.15) is 16.9 Å². The van der Waals surface area contributed by atoms with Gasteiger partial charge in [-0.2, -0.15) is 0 Å². The zero-order chi connectivity index (χ0) is 25.7. The number of pyridine rings is 1. The lowest BCUT2D eigenvalue weighted by Crippen LogP contribution is -2.52. The van der Waals surface area contributed by atoms with Crippen LogP contribution in [0.15, 0.2) is 36.5 Å². The van der Waals surface area contributed by atoms with E-state index in [2.05, 4.69) is 26.3 Å². The molecule has 0 spiro atoms. The second-order valence-corrected chi connectivity index (χ2v) is 10.3. The average Bonchev–Trinajstić information content (AvgIpc) is 3.58. The Morgan fingerprint density at radius 3 is 2.86 bits per heavy atom. The first-order valence-electron chi connectivity index (χ1n) is 13.1. The minimum absolute atomic E-state index is 0.0442. The van der Waals surface area contributed by atoms with Crippen LogP contribution in [-0.4, -0.2) is 68.9 Å². The molecule has 9 nitrogen and oxygen atoms in total. The van der Waals surface area contributed by atoms with E-state index in [1.54, 1.807) is 7.11 Å². The highest BCUT2D eigenvalue weighted by Gasteiger charge is 2.33. The van der Waals surface area contributed by atoms with Crippen molar-refractivity contribution < 1.29 is 14.3 Å². The van der Waals surface area contributed by atoms with Crippen LogP contribution in [0, 0.1) is 5.92 Å². The van der Waals surface area contributed by atoms with Crippen molar-refractivity contribution in [2.24, 2.45) is 18.7 Å². The van der Waals surface area contributed by atoms with Crippen molar-refractivity contribution in [2.75, 3.05) is 26.8 Å². The molecule has 3 aromatic heterocycles. The number of aromatic nitrogens is 4. The van der Waals surface area contributed by atoms with Crippen LogP contribution in [0.5, 0.6) is 5.75 Å². The molecule has 1 amide bonds. The fourth-order valence-electron chi connectivity index (χ4n) is 5.62. The summed E-state index contributed by atoms with van der Waals surface area (Å²) in [5.74, 6) is 2.10. The van der Waals surface area contributed by atoms with Crippen molar-refractivity contribution >= 4 is 28.0 Å². The summed E-state index contributed by atoms with van der Waals surface area (Å²) >= 11 is 0. The molecule has 2 atom stereocenters. The van der Waals surface area contributed by atoms with E-state index >= 15 is 0 Å². The number of carbonyl (C=O) groups excluding carboxylic acids is 1. The molecule has 194 valence electrons. The Labute approximate surface area is 216 Å². The molecule has 2 N–H and O–H groups in total. The SMILES string of the molecule is COc1cc(C(=O)N2CCO[C@H](CCN)[C@@H]2C)cc2nc(-c3cc4cccnc4n3CC3CC3)n(C)c12. The molecule has 1 aliphatic heterocycles. The number of benzene rings is 1. The van der Waals surface area contributed by atoms with Crippen molar-refractivity contribution in [3.63, 3.8) is 0 Å². The van der Waals surface area contributed by atoms with E-state index in [0.29, 0.717) is 36.9 Å². The van der Waals surface area contributed by atoms with Gasteiger partial charge in [0.05, 0.1) is 37.1 Å². The van der Waals surface area contributed by atoms with Crippen LogP contribution in [0.2, 0.25) is 0 Å². The van der Waals surface area contributed by atoms with Gasteiger partial charge in [0.2, 0.25) is 0 Å². The summed E-state index contributed by atoms with van der Waals surface area (Å²) in [4.78, 5) is 25.3. The van der Waals surface area contributed by atoms with Crippen LogP contribution < -0.4 is 10.5 Å². The Kier molecular flexibility index (Phi) is 6.12. The highest BCUT2D eigenvalue weighted by molar-refractivity contribution is 6.00. The lowest BCUT2D eigenvalue weighted by Gasteiger charge is -2.39. The molecule has 2 fully saturated rings. The highest BCUT2D eigenvalue weighted by Crippen LogP contribution is 2.37. The van der Waals surface area contributed by atoms with E-state index < -0.39 is 0 Å². The highest BCUT2D eigenvalue weighted by atomic mass is 16.5. The predicted octanol–water partition coefficient (Wildman–Crippen LogP) is 3.59. The molecule has 1 aliphatic carbocycles. The molecule has 0 radical (unpaired) electrons. The minimum Gasteiger partial charge on any atom is -0.494 e. The van der Waals surface area contributed by atoms with E-state index in [9.17, 15) is 4.79 Å². The molecule has 37 heavy (non-hydrogen) atoms. The van der Waals surface area contributed by atoms with Gasteiger partial charge in [-0.15, -0.1) is 0 Å². The van der Waals surface area contributed by atoms with E-state index in [1.807, 2.05) is 43.3 Å². The number of rotatable bonds is 7. The fraction of sp³-hybridized carbons (Fsp3) is 0.464. The largest absolute Gasteiger partial charge is 0.494 e. The van der Waals surface area contributed by atoms with E-state index in [0.717, 1.165) is 46.6 Å². The van der Waals surface area contributed by atoms with Crippen LogP contribution in [0.3, 0.4) is 0 Å². The topological polar surface area (TPSA) is 100 Å². The third kappa shape index (κ3) is 4.16. The van der Waals surface area contributed by atoms with Crippen LogP contribution in [0.25, 0.3) is 33.6 Å². The maximum Gasteiger partial charge on any atom is 0.254 e. The number of morpholine rings is 1. The molecule has 9 heteroatoms. The molecule has 6 rings (SSSR count). The third-order valence-electron chi connectivity index (χ3n) is 7.83. The van der Waals surface area contributed by atoms with Crippen molar-refractivity contribution in [3.8, 4) is 17.3 Å². The molecule has 0 unspecified atom stereocenters. The summed E-state index contributed by atoms with van der Waals surface area (Å²) in [5, 5.41) is 1.10. The number of imidazole rings is 1. The summed E-state index contributed by atoms with van der Waals surface area (Å²) in [6.45, 7) is 4.54. The lowest BCUT2D eigenvalue weighted by atomic mass is 10.0. The average molecular weight is 503 g/mol. The summed E-state index contributed by atoms with van der Waals surface area (Å²) in [6.07, 6.45) is 5.01. The number of nitrogens with zero attached hydrogens (tertiary/aromatic N) is 5. The molecule has 4 heterocycles. The molecule has 1 saturated heterocycles. The van der Waals surface area contributed by atoms with Crippen LogP contribution in [0.4, 0.5) is 0 Å². The number of nitrogens with two attached hydrogens (primary N) is 1. The van der Waals surface area contributed by atoms with Gasteiger partial charge in [0, 0.05) is 37.3 Å². The second kappa shape index (κ2) is 9.46. The number of amides is 1. The van der Waals surface area contributed by atoms with Crippen molar-refractivity contribution in [1.82, 2.24) is 24.0 Å². The minimum atomic E-state index is -0.0589. The maximum atomic E-state index is 13.7. The van der Waals surface area contributed by atoms with Gasteiger partial charge in [0.15, 0.2) is 5.82 Å². The molecular weight excluding hydrogens is 468 g/mol. The Balaban J connectivity index is 1.43. The Bertz CT molecular complexity index is 1470. The zero-order valence-corrected chi connectivity index (χ0v) is 21.7. The molecule has 0 bridgehead atoms. The number of carbonyl (C=O) groups is 1. The summed E-state index contributed by atoms with van der Waals surface area (Å²) in [5.41, 5.74) is 9.93. The van der Waals surface area contributed by atoms with Crippen LogP contribution >= 0.6 is 0 Å². The Morgan fingerprint density at radius 1 is 1.27 bits per heavy atom. The second-order valence-electron chi connectivity index (χ2n) is 10.3. The smallest absolute Gasteiger partial charge is 0.254 e. The van der Waals surface area contributed by atoms with Gasteiger partial charge >= 0.3 is 0 Å². The first kappa shape index (κ1) is 23.9. The number of methoxy groups -OCH3 is 1. The van der Waals surface area contributed by atoms with Crippen molar-refractivity contribution in [2.45, 2.75) is 44.9 Å². The van der Waals surface area contributed by atoms with Crippen LogP contribution in [0.1, 0.15) is 36.5 Å². The number of ether oxygens (including phenoxy) is 2. The number of hydrogen-bond acceptors (Lipinski definition) is 6. The van der Waals surface area contributed by atoms with Gasteiger partial charge in [0.25, 0.3) is 5.91 Å². The van der Waals surface area contributed by atoms with Crippen LogP contribution in [-0.2, 0) is 18.3 Å². The maximum absolute atomic E-state index is 13.7. The predicted molar refractivity (Wildman–Crippen MR) is 143 cm³/mol. The van der Waals surface area contributed by atoms with Gasteiger partial charge < -0.3 is 29.2 Å². The molecule has 2 aliphatic rings. The molecule has 4 aromatic rings. The van der Waals surface area contributed by atoms with Gasteiger partial charge in [-0.1, -0.05) is 0 Å². The standard InChI is InChI=1S/C28H34N6O3/c1-17-23(8-9-29)37-12-11-33(17)28(35)20-13-21-25(24(15-20)36-3)32(2)27(31-21)22-14-19-5-4-10-30-26(19)34(22)16-18-6-7-18/h4-5,10,13-15,17-18,23H,6-9,11-12,16,29H2,1-3H3/t17-,23+/m0/s1. The van der Waals surface area contributed by atoms with Crippen molar-refractivity contribution in [1.29, 1.82) is 0 Å². The zero-order valence-electron chi connectivity index (χ0n) is 21.7. The number of fused-ring (bicyclic) bond motifs is 2. The third-order valence-corrected chi connectivity index (χ3v) is 7.83. The first-order chi connectivity index (χ1) is 18.0. The van der Waals surface area contributed by atoms with Gasteiger partial charge in [-0.05, 0) is 69.0 Å². The molecule has 1 aromatic carbocycles. The molecule has 1 saturated carbocycles. The quantitative estimate of drug-likeness (QED) is 0.415. The lowest BCUT2D eigenvalue weighted by molar-refractivity contribution is -0.0552. The summed E-state index contributed by atoms with van der Waals surface area (Å²) < 4.78 is 16.0. The van der Waals surface area contributed by atoms with Crippen molar-refractivity contribution in [3.05, 3.63) is 42.1 Å². The first-order valence-corrected chi connectivity index (χ1v) is 13.1. The summed E-state index contributed by atoms with van der Waals surface area (Å²) in [7, 11) is 3.64. The summed E-state index contributed by atoms with van der Waals surface area (Å²) in [6, 6.07) is 9.88. The Morgan fingerprint density at radius 2 is 2.11 bits per heavy atom. The van der Waals surface area contributed by atoms with Gasteiger partial charge in [-0.25, -0.2) is 9.97 Å². The monoisotopic (exact) mass is 502 g/mol. The van der Waals surface area contributed by atoms with E-state index in [1.165, 1.54) is 12.8 Å². The van der Waals surface area contributed by atoms with E-state index in [-0.39, 0.29) is 18.1 Å². The normalized spacial score (nSPS) is 20.2. The number of hydrogen-bond donors (Lipinski definition) is 1. The Hall–Kier alpha value is -3.43. The number of aryl methyl sites for hydroxylation is 1. The fourth-order valence-corrected chi connectivity index (χ4v) is 5.62. The van der Waals surface area contributed by atoms with E-state index in [4.69, 9.17) is 20.2 Å². The molecular formula is C28H34N6O3. The van der Waals surface area contributed by atoms with Gasteiger partial charge in [-0.3, -0.25) is 4.79 Å².